The van der Waals surface area contributed by atoms with Crippen molar-refractivity contribution in [3.63, 3.8) is 0 Å². The zero-order chi connectivity index (χ0) is 21.3. The molecule has 0 aromatic carbocycles. The Morgan fingerprint density at radius 1 is 1.38 bits per heavy atom. The van der Waals surface area contributed by atoms with E-state index < -0.39 is 11.7 Å². The van der Waals surface area contributed by atoms with Crippen molar-refractivity contribution in [1.82, 2.24) is 10.2 Å². The first kappa shape index (κ1) is 22.1. The molecule has 2 N–H and O–H groups in total. The van der Waals surface area contributed by atoms with Crippen LogP contribution >= 0.6 is 0 Å². The largest absolute Gasteiger partial charge is 0.457 e. The number of urea groups is 1. The normalized spacial score (nSPS) is 35.2. The summed E-state index contributed by atoms with van der Waals surface area (Å²) in [5.41, 5.74) is -0.198. The highest BCUT2D eigenvalue weighted by Crippen LogP contribution is 2.51. The van der Waals surface area contributed by atoms with Crippen LogP contribution in [-0.4, -0.2) is 52.8 Å². The summed E-state index contributed by atoms with van der Waals surface area (Å²) < 4.78 is 5.38. The second-order valence-corrected chi connectivity index (χ2v) is 9.23. The summed E-state index contributed by atoms with van der Waals surface area (Å²) in [5, 5.41) is 14.5. The van der Waals surface area contributed by atoms with E-state index in [1.807, 2.05) is 25.7 Å². The van der Waals surface area contributed by atoms with Crippen LogP contribution in [0.25, 0.3) is 0 Å². The Morgan fingerprint density at radius 3 is 2.66 bits per heavy atom. The van der Waals surface area contributed by atoms with E-state index >= 15 is 0 Å². The highest BCUT2D eigenvalue weighted by Gasteiger charge is 2.53. The van der Waals surface area contributed by atoms with E-state index in [0.29, 0.717) is 19.1 Å². The van der Waals surface area contributed by atoms with Gasteiger partial charge in [-0.05, 0) is 62.9 Å². The van der Waals surface area contributed by atoms with Crippen LogP contribution in [-0.2, 0) is 9.53 Å². The van der Waals surface area contributed by atoms with Gasteiger partial charge in [0, 0.05) is 32.0 Å². The molecule has 0 saturated heterocycles. The average molecular weight is 405 g/mol. The monoisotopic (exact) mass is 404 g/mol. The fourth-order valence-electron chi connectivity index (χ4n) is 5.09. The third-order valence-corrected chi connectivity index (χ3v) is 6.95. The Kier molecular flexibility index (Phi) is 6.61. The zero-order valence-electron chi connectivity index (χ0n) is 18.4. The molecule has 6 nitrogen and oxygen atoms in total. The van der Waals surface area contributed by atoms with E-state index in [0.717, 1.165) is 31.3 Å². The van der Waals surface area contributed by atoms with E-state index in [-0.39, 0.29) is 35.7 Å². The lowest BCUT2D eigenvalue weighted by Gasteiger charge is -2.52. The van der Waals surface area contributed by atoms with E-state index in [9.17, 15) is 14.7 Å². The lowest BCUT2D eigenvalue weighted by molar-refractivity contribution is -0.148. The van der Waals surface area contributed by atoms with Gasteiger partial charge < -0.3 is 20.1 Å². The van der Waals surface area contributed by atoms with Crippen molar-refractivity contribution < 1.29 is 19.4 Å². The van der Waals surface area contributed by atoms with Crippen molar-refractivity contribution in [3.05, 3.63) is 18.1 Å². The molecule has 162 valence electrons. The quantitative estimate of drug-likeness (QED) is 0.526. The van der Waals surface area contributed by atoms with Gasteiger partial charge in [-0.25, -0.2) is 4.79 Å². The summed E-state index contributed by atoms with van der Waals surface area (Å²) in [6.45, 7) is 10.8. The van der Waals surface area contributed by atoms with Crippen LogP contribution < -0.4 is 5.32 Å². The first-order valence-electron chi connectivity index (χ1n) is 11.1. The first-order valence-corrected chi connectivity index (χ1v) is 11.1. The van der Waals surface area contributed by atoms with Crippen LogP contribution in [0, 0.1) is 30.1 Å². The highest BCUT2D eigenvalue weighted by molar-refractivity contribution is 5.74. The molecule has 3 aliphatic rings. The van der Waals surface area contributed by atoms with Gasteiger partial charge in [0.1, 0.15) is 6.10 Å². The minimum atomic E-state index is -1.12. The van der Waals surface area contributed by atoms with Crippen LogP contribution in [0.4, 0.5) is 4.79 Å². The van der Waals surface area contributed by atoms with Gasteiger partial charge in [-0.2, -0.15) is 0 Å². The van der Waals surface area contributed by atoms with Gasteiger partial charge in [-0.3, -0.25) is 4.79 Å². The molecule has 2 saturated carbocycles. The summed E-state index contributed by atoms with van der Waals surface area (Å²) in [6, 6.07) is 0.366. The molecule has 2 fully saturated rings. The lowest BCUT2D eigenvalue weighted by atomic mass is 9.57. The predicted molar refractivity (Wildman–Crippen MR) is 111 cm³/mol. The number of nitrogens with zero attached hydrogens (tertiary/aromatic N) is 1. The van der Waals surface area contributed by atoms with Crippen LogP contribution in [0.2, 0.25) is 0 Å². The van der Waals surface area contributed by atoms with E-state index in [1.165, 1.54) is 6.92 Å². The molecular formula is C23H36N2O4. The summed E-state index contributed by atoms with van der Waals surface area (Å²) in [6.07, 6.45) is 8.77. The third-order valence-electron chi connectivity index (χ3n) is 6.95. The molecule has 2 amide bonds. The number of hydrogen-bond donors (Lipinski definition) is 2. The van der Waals surface area contributed by atoms with Crippen molar-refractivity contribution >= 4 is 12.0 Å². The third kappa shape index (κ3) is 4.62. The fourth-order valence-corrected chi connectivity index (χ4v) is 5.09. The minimum Gasteiger partial charge on any atom is -0.457 e. The van der Waals surface area contributed by atoms with Gasteiger partial charge in [-0.15, -0.1) is 0 Å². The number of ether oxygens (including phenoxy) is 1. The number of hydrogen-bond acceptors (Lipinski definition) is 4. The second-order valence-electron chi connectivity index (χ2n) is 9.23. The predicted octanol–water partition coefficient (Wildman–Crippen LogP) is 3.18. The van der Waals surface area contributed by atoms with Gasteiger partial charge in [0.15, 0.2) is 0 Å². The van der Waals surface area contributed by atoms with Crippen LogP contribution in [0.1, 0.15) is 60.3 Å². The summed E-state index contributed by atoms with van der Waals surface area (Å²) in [4.78, 5) is 26.0. The van der Waals surface area contributed by atoms with E-state index in [1.54, 1.807) is 0 Å². The maximum Gasteiger partial charge on any atom is 0.317 e. The topological polar surface area (TPSA) is 78.9 Å². The number of rotatable bonds is 6. The summed E-state index contributed by atoms with van der Waals surface area (Å²) in [5.74, 6) is 0.0864. The molecule has 6 heteroatoms. The van der Waals surface area contributed by atoms with Crippen molar-refractivity contribution in [2.45, 2.75) is 78.0 Å². The number of nitrogens with one attached hydrogen (secondary N) is 1. The van der Waals surface area contributed by atoms with Gasteiger partial charge in [0.25, 0.3) is 0 Å². The van der Waals surface area contributed by atoms with Crippen LogP contribution in [0.15, 0.2) is 11.6 Å². The number of carbonyl (C=O) groups excluding carboxylic acids is 2. The lowest BCUT2D eigenvalue weighted by Crippen LogP contribution is -2.57. The second kappa shape index (κ2) is 8.66. The highest BCUT2D eigenvalue weighted by atomic mass is 16.5. The number of esters is 1. The first-order chi connectivity index (χ1) is 13.7. The Morgan fingerprint density at radius 2 is 2.07 bits per heavy atom. The van der Waals surface area contributed by atoms with Crippen molar-refractivity contribution in [2.75, 3.05) is 13.1 Å². The van der Waals surface area contributed by atoms with Gasteiger partial charge in [0.2, 0.25) is 0 Å². The standard InChI is InChI=1S/C23H36N2O4/c1-6-24-22(27)25(18-8-9-18)13-15(3)19-10-7-16(4)23(28)12-21(29-17(5)26)14(2)11-20(19)23/h11,15-16,18-21,28H,6-10,13H2,1-5H3,(H,24,27)/t15-,16-,19+,20-,21-,23-/m1/s1. The molecule has 2 radical (unpaired) electrons. The summed E-state index contributed by atoms with van der Waals surface area (Å²) >= 11 is 0. The van der Waals surface area contributed by atoms with Crippen molar-refractivity contribution in [2.24, 2.45) is 23.7 Å². The van der Waals surface area contributed by atoms with Crippen LogP contribution in [0.5, 0.6) is 0 Å². The molecule has 0 unspecified atom stereocenters. The fraction of sp³-hybridized carbons (Fsp3) is 0.783. The molecule has 0 spiro atoms. The molecule has 0 aromatic rings. The number of carbonyl (C=O) groups is 2. The average Bonchev–Trinajstić information content (AvgIpc) is 3.47. The molecule has 0 heterocycles. The van der Waals surface area contributed by atoms with Crippen molar-refractivity contribution in [3.8, 4) is 0 Å². The molecule has 3 rings (SSSR count). The number of fused-ring (bicyclic) bond motifs is 1. The van der Waals surface area contributed by atoms with Gasteiger partial charge in [-0.1, -0.05) is 19.9 Å². The Balaban J connectivity index is 1.79. The van der Waals surface area contributed by atoms with E-state index in [2.05, 4.69) is 24.7 Å². The smallest absolute Gasteiger partial charge is 0.317 e. The Bertz CT molecular complexity index is 659. The number of amides is 2. The van der Waals surface area contributed by atoms with Gasteiger partial charge in [0.05, 0.1) is 12.0 Å². The Hall–Kier alpha value is -1.56. The van der Waals surface area contributed by atoms with Gasteiger partial charge >= 0.3 is 12.0 Å². The molecule has 3 aliphatic carbocycles. The molecule has 0 aromatic heterocycles. The molecular weight excluding hydrogens is 368 g/mol. The SMILES string of the molecule is CCNC(=O)N(C[C@@H](C)[C@@H]1CC[C@@H](C)[C@]2(O)[C][C@@H](OC(C)=O)C(C)=C[C@H]12)C1CC1. The number of aliphatic hydroxyl groups is 1. The molecule has 29 heavy (non-hydrogen) atoms. The molecule has 0 aliphatic heterocycles. The maximum atomic E-state index is 12.5. The minimum absolute atomic E-state index is 0.0182. The zero-order valence-corrected chi connectivity index (χ0v) is 18.4. The van der Waals surface area contributed by atoms with Crippen molar-refractivity contribution in [1.29, 1.82) is 0 Å². The molecule has 6 atom stereocenters. The van der Waals surface area contributed by atoms with E-state index in [4.69, 9.17) is 4.74 Å². The molecule has 0 bridgehead atoms. The van der Waals surface area contributed by atoms with Crippen LogP contribution in [0.3, 0.4) is 0 Å². The Labute approximate surface area is 175 Å². The maximum absolute atomic E-state index is 12.5. The summed E-state index contributed by atoms with van der Waals surface area (Å²) in [7, 11) is 0.